The first-order valence-corrected chi connectivity index (χ1v) is 10.1. The van der Waals surface area contributed by atoms with Gasteiger partial charge in [0, 0.05) is 6.54 Å². The van der Waals surface area contributed by atoms with E-state index in [1.54, 1.807) is 6.07 Å². The Labute approximate surface area is 159 Å². The lowest BCUT2D eigenvalue weighted by Gasteiger charge is -2.37. The summed E-state index contributed by atoms with van der Waals surface area (Å²) in [7, 11) is 0. The summed E-state index contributed by atoms with van der Waals surface area (Å²) in [4.78, 5) is 2.61. The molecule has 0 aromatic heterocycles. The van der Waals surface area contributed by atoms with Crippen LogP contribution in [0.3, 0.4) is 0 Å². The number of hydrogen-bond donors (Lipinski definition) is 1. The van der Waals surface area contributed by atoms with Gasteiger partial charge in [-0.2, -0.15) is 0 Å². The van der Waals surface area contributed by atoms with Crippen molar-refractivity contribution in [3.05, 3.63) is 66.3 Å². The summed E-state index contributed by atoms with van der Waals surface area (Å²) in [6, 6.07) is 7.82. The van der Waals surface area contributed by atoms with Crippen molar-refractivity contribution in [1.82, 2.24) is 4.90 Å². The van der Waals surface area contributed by atoms with Crippen molar-refractivity contribution < 1.29 is 5.11 Å². The minimum absolute atomic E-state index is 0.398. The van der Waals surface area contributed by atoms with Crippen LogP contribution < -0.4 is 0 Å². The van der Waals surface area contributed by atoms with E-state index in [9.17, 15) is 5.11 Å². The predicted octanol–water partition coefficient (Wildman–Crippen LogP) is 6.07. The molecule has 26 heavy (non-hydrogen) atoms. The van der Waals surface area contributed by atoms with E-state index < -0.39 is 0 Å². The summed E-state index contributed by atoms with van der Waals surface area (Å²) in [5.41, 5.74) is 2.50. The van der Waals surface area contributed by atoms with Gasteiger partial charge in [-0.25, -0.2) is 0 Å². The van der Waals surface area contributed by atoms with E-state index in [0.717, 1.165) is 6.42 Å². The molecule has 2 atom stereocenters. The van der Waals surface area contributed by atoms with Crippen LogP contribution in [0.15, 0.2) is 60.7 Å². The number of piperidine rings is 1. The van der Waals surface area contributed by atoms with Crippen molar-refractivity contribution in [2.24, 2.45) is 5.92 Å². The van der Waals surface area contributed by atoms with Crippen molar-refractivity contribution in [2.75, 3.05) is 19.6 Å². The number of nitrogens with zero attached hydrogens (tertiary/aromatic N) is 1. The van der Waals surface area contributed by atoms with Gasteiger partial charge in [0.15, 0.2) is 0 Å². The normalized spacial score (nSPS) is 22.8. The van der Waals surface area contributed by atoms with Crippen LogP contribution in [-0.2, 0) is 0 Å². The van der Waals surface area contributed by atoms with Gasteiger partial charge in [0.05, 0.1) is 0 Å². The quantitative estimate of drug-likeness (QED) is 0.650. The number of benzene rings is 1. The number of phenolic OH excluding ortho intramolecular Hbond substituents is 1. The average molecular weight is 354 g/mol. The van der Waals surface area contributed by atoms with E-state index in [4.69, 9.17) is 0 Å². The second-order valence-electron chi connectivity index (χ2n) is 7.62. The van der Waals surface area contributed by atoms with E-state index in [1.807, 2.05) is 30.4 Å². The van der Waals surface area contributed by atoms with Crippen LogP contribution >= 0.6 is 0 Å². The van der Waals surface area contributed by atoms with E-state index in [1.165, 1.54) is 56.5 Å². The lowest BCUT2D eigenvalue weighted by molar-refractivity contribution is 0.160. The first kappa shape index (κ1) is 20.5. The summed E-state index contributed by atoms with van der Waals surface area (Å²) < 4.78 is 0. The van der Waals surface area contributed by atoms with Gasteiger partial charge >= 0.3 is 0 Å². The Morgan fingerprint density at radius 1 is 1.23 bits per heavy atom. The number of allylic oxidation sites excluding steroid dienone is 5. The third kappa shape index (κ3) is 6.84. The number of aromatic hydroxyl groups is 1. The second kappa shape index (κ2) is 11.0. The van der Waals surface area contributed by atoms with Crippen LogP contribution in [0.25, 0.3) is 0 Å². The molecule has 0 saturated carbocycles. The Balaban J connectivity index is 0.000000290. The van der Waals surface area contributed by atoms with Crippen LogP contribution in [-0.4, -0.2) is 29.6 Å². The van der Waals surface area contributed by atoms with Gasteiger partial charge in [-0.3, -0.25) is 0 Å². The fourth-order valence-corrected chi connectivity index (χ4v) is 3.83. The van der Waals surface area contributed by atoms with Crippen molar-refractivity contribution in [2.45, 2.75) is 51.9 Å². The topological polar surface area (TPSA) is 23.5 Å². The van der Waals surface area contributed by atoms with Crippen molar-refractivity contribution >= 4 is 0 Å². The van der Waals surface area contributed by atoms with Gasteiger partial charge in [0.1, 0.15) is 5.75 Å². The highest BCUT2D eigenvalue weighted by Crippen LogP contribution is 2.34. The van der Waals surface area contributed by atoms with Gasteiger partial charge in [0.2, 0.25) is 0 Å². The summed E-state index contributed by atoms with van der Waals surface area (Å²) in [6.45, 7) is 12.0. The molecule has 2 nitrogen and oxygen atoms in total. The molecule has 1 aromatic carbocycles. The lowest BCUT2D eigenvalue weighted by atomic mass is 9.81. The Morgan fingerprint density at radius 2 is 2.08 bits per heavy atom. The molecule has 1 saturated heterocycles. The Morgan fingerprint density at radius 3 is 2.65 bits per heavy atom. The molecule has 142 valence electrons. The molecule has 2 heteroatoms. The lowest BCUT2D eigenvalue weighted by Crippen LogP contribution is -2.38. The molecule has 2 aliphatic rings. The summed E-state index contributed by atoms with van der Waals surface area (Å²) in [5.74, 6) is 1.68. The monoisotopic (exact) mass is 353 g/mol. The number of unbranched alkanes of at least 4 members (excludes halogenated alkanes) is 2. The zero-order chi connectivity index (χ0) is 18.8. The smallest absolute Gasteiger partial charge is 0.115 e. The van der Waals surface area contributed by atoms with E-state index in [0.29, 0.717) is 17.6 Å². The van der Waals surface area contributed by atoms with Crippen molar-refractivity contribution in [3.63, 3.8) is 0 Å². The molecular formula is C24H35NO. The van der Waals surface area contributed by atoms with Crippen LogP contribution in [0.1, 0.15) is 57.4 Å². The summed E-state index contributed by atoms with van der Waals surface area (Å²) in [6.07, 6.45) is 14.4. The van der Waals surface area contributed by atoms with Crippen LogP contribution in [0.5, 0.6) is 5.75 Å². The molecule has 1 N–H and O–H groups in total. The Bertz CT molecular complexity index is 616. The molecule has 0 spiro atoms. The molecule has 0 bridgehead atoms. The summed E-state index contributed by atoms with van der Waals surface area (Å²) >= 11 is 0. The molecule has 0 radical (unpaired) electrons. The SMILES string of the molecule is C=C1C=CC=CC1.CCCCCN1CC[C@@H](c2cccc(O)c2)[C@@H](C)C1. The van der Waals surface area contributed by atoms with Gasteiger partial charge in [-0.1, -0.05) is 75.3 Å². The third-order valence-corrected chi connectivity index (χ3v) is 5.32. The number of likely N-dealkylation sites (tertiary alicyclic amines) is 1. The van der Waals surface area contributed by atoms with Gasteiger partial charge < -0.3 is 10.0 Å². The van der Waals surface area contributed by atoms with E-state index >= 15 is 0 Å². The molecule has 1 aromatic rings. The minimum Gasteiger partial charge on any atom is -0.508 e. The average Bonchev–Trinajstić information content (AvgIpc) is 2.63. The summed E-state index contributed by atoms with van der Waals surface area (Å²) in [5, 5.41) is 9.61. The fourth-order valence-electron chi connectivity index (χ4n) is 3.83. The number of hydrogen-bond acceptors (Lipinski definition) is 2. The Hall–Kier alpha value is -1.80. The van der Waals surface area contributed by atoms with Crippen molar-refractivity contribution in [3.8, 4) is 5.75 Å². The number of phenols is 1. The maximum absolute atomic E-state index is 9.61. The second-order valence-corrected chi connectivity index (χ2v) is 7.62. The van der Waals surface area contributed by atoms with E-state index in [-0.39, 0.29) is 0 Å². The largest absolute Gasteiger partial charge is 0.508 e. The van der Waals surface area contributed by atoms with Crippen LogP contribution in [0.2, 0.25) is 0 Å². The first-order chi connectivity index (χ1) is 12.6. The molecule has 0 amide bonds. The minimum atomic E-state index is 0.398. The van der Waals surface area contributed by atoms with Gasteiger partial charge in [-0.05, 0) is 61.9 Å². The highest BCUT2D eigenvalue weighted by molar-refractivity contribution is 5.30. The van der Waals surface area contributed by atoms with Gasteiger partial charge in [0.25, 0.3) is 0 Å². The predicted molar refractivity (Wildman–Crippen MR) is 113 cm³/mol. The van der Waals surface area contributed by atoms with Crippen molar-refractivity contribution in [1.29, 1.82) is 0 Å². The zero-order valence-corrected chi connectivity index (χ0v) is 16.5. The maximum atomic E-state index is 9.61. The molecule has 0 unspecified atom stereocenters. The van der Waals surface area contributed by atoms with Gasteiger partial charge in [-0.15, -0.1) is 0 Å². The molecule has 1 aliphatic carbocycles. The standard InChI is InChI=1S/C17H27NO.C7H8/c1-3-4-5-10-18-11-9-17(14(2)13-18)15-7-6-8-16(19)12-15;1-7-5-3-2-4-6-7/h6-8,12,14,17,19H,3-5,9-11,13H2,1-2H3;2-5H,1,6H2/t14-,17+;/m0./s1. The molecule has 1 heterocycles. The highest BCUT2D eigenvalue weighted by Gasteiger charge is 2.26. The van der Waals surface area contributed by atoms with E-state index in [2.05, 4.69) is 37.5 Å². The number of rotatable bonds is 5. The maximum Gasteiger partial charge on any atom is 0.115 e. The zero-order valence-electron chi connectivity index (χ0n) is 16.5. The fraction of sp³-hybridized carbons (Fsp3) is 0.500. The molecule has 1 fully saturated rings. The first-order valence-electron chi connectivity index (χ1n) is 10.1. The molecular weight excluding hydrogens is 318 g/mol. The molecule has 3 rings (SSSR count). The highest BCUT2D eigenvalue weighted by atomic mass is 16.3. The van der Waals surface area contributed by atoms with Crippen LogP contribution in [0, 0.1) is 5.92 Å². The van der Waals surface area contributed by atoms with Crippen LogP contribution in [0.4, 0.5) is 0 Å². The third-order valence-electron chi connectivity index (χ3n) is 5.32. The molecule has 1 aliphatic heterocycles. The Kier molecular flexibility index (Phi) is 8.70.